The number of halogens is 3. The number of carbonyl (C=O) groups is 1. The number of imidazole rings is 1. The lowest BCUT2D eigenvalue weighted by Gasteiger charge is -2.10. The quantitative estimate of drug-likeness (QED) is 0.359. The summed E-state index contributed by atoms with van der Waals surface area (Å²) < 4.78 is 3.49. The first kappa shape index (κ1) is 17.4. The molecule has 1 heterocycles. The van der Waals surface area contributed by atoms with E-state index in [1.54, 1.807) is 17.1 Å². The Kier molecular flexibility index (Phi) is 5.71. The van der Waals surface area contributed by atoms with Crippen LogP contribution < -0.4 is 28.0 Å². The molecule has 0 aliphatic carbocycles. The number of carbonyl (C=O) groups excluding carboxylic acids is 1. The molecule has 0 saturated carbocycles. The summed E-state index contributed by atoms with van der Waals surface area (Å²) in [5.74, 6) is -0.631. The van der Waals surface area contributed by atoms with Gasteiger partial charge in [0.05, 0.1) is 23.4 Å². The largest absolute Gasteiger partial charge is 1.00 e. The molecule has 2 rings (SSSR count). The van der Waals surface area contributed by atoms with Crippen LogP contribution in [0.2, 0.25) is 10.0 Å². The fourth-order valence-electron chi connectivity index (χ4n) is 1.67. The predicted molar refractivity (Wildman–Crippen MR) is 76.8 cm³/mol. The summed E-state index contributed by atoms with van der Waals surface area (Å²) in [5, 5.41) is 12.4. The second-order valence-electron chi connectivity index (χ2n) is 4.28. The van der Waals surface area contributed by atoms with Crippen LogP contribution in [0, 0.1) is 0 Å². The van der Waals surface area contributed by atoms with E-state index in [0.29, 0.717) is 0 Å². The molecule has 0 unspecified atom stereocenters. The lowest BCUT2D eigenvalue weighted by molar-refractivity contribution is -0.671. The number of nitrogens with zero attached hydrogens (tertiary/aromatic N) is 2. The third kappa shape index (κ3) is 3.93. The highest BCUT2D eigenvalue weighted by Gasteiger charge is 2.16. The Balaban J connectivity index is 0.00000220. The van der Waals surface area contributed by atoms with Gasteiger partial charge in [-0.15, -0.1) is 0 Å². The Morgan fingerprint density at radius 2 is 2.19 bits per heavy atom. The summed E-state index contributed by atoms with van der Waals surface area (Å²) in [7, 11) is 1.85. The minimum absolute atomic E-state index is 0. The maximum Gasteiger partial charge on any atom is 0.266 e. The van der Waals surface area contributed by atoms with Crippen molar-refractivity contribution in [2.45, 2.75) is 6.54 Å². The molecule has 0 saturated heterocycles. The second-order valence-corrected chi connectivity index (χ2v) is 5.07. The Hall–Kier alpha value is -1.63. The molecule has 0 atom stereocenters. The second kappa shape index (κ2) is 6.89. The zero-order chi connectivity index (χ0) is 14.9. The summed E-state index contributed by atoms with van der Waals surface area (Å²) in [4.78, 5) is 11.9. The summed E-state index contributed by atoms with van der Waals surface area (Å²) in [6, 6.07) is 1.35. The van der Waals surface area contributed by atoms with Gasteiger partial charge in [0.1, 0.15) is 17.4 Å². The topological polar surface area (TPSA) is 84.2 Å². The minimum atomic E-state index is -0.326. The van der Waals surface area contributed by atoms with E-state index >= 15 is 0 Å². The van der Waals surface area contributed by atoms with Crippen LogP contribution in [0.25, 0.3) is 0 Å². The van der Waals surface area contributed by atoms with Crippen LogP contribution in [-0.4, -0.2) is 15.6 Å². The van der Waals surface area contributed by atoms with Crippen LogP contribution in [0.5, 0.6) is 5.75 Å². The minimum Gasteiger partial charge on any atom is -1.00 e. The number of aromatic hydroxyl groups is 1. The van der Waals surface area contributed by atoms with E-state index in [2.05, 4.69) is 5.32 Å². The number of anilines is 2. The number of hydrogen-bond acceptors (Lipinski definition) is 3. The van der Waals surface area contributed by atoms with Crippen molar-refractivity contribution in [2.75, 3.05) is 11.1 Å². The number of nitrogens with one attached hydrogen (secondary N) is 1. The van der Waals surface area contributed by atoms with Gasteiger partial charge in [-0.2, -0.15) is 0 Å². The lowest BCUT2D eigenvalue weighted by Crippen LogP contribution is -3.00. The van der Waals surface area contributed by atoms with E-state index in [-0.39, 0.29) is 52.0 Å². The molecule has 114 valence electrons. The van der Waals surface area contributed by atoms with Crippen LogP contribution in [-0.2, 0) is 18.4 Å². The highest BCUT2D eigenvalue weighted by Crippen LogP contribution is 2.40. The maximum atomic E-state index is 11.9. The van der Waals surface area contributed by atoms with E-state index in [9.17, 15) is 9.90 Å². The van der Waals surface area contributed by atoms with Crippen molar-refractivity contribution in [1.82, 2.24) is 4.57 Å². The average Bonchev–Trinajstić information content (AvgIpc) is 2.78. The van der Waals surface area contributed by atoms with Gasteiger partial charge in [-0.25, -0.2) is 9.13 Å². The highest BCUT2D eigenvalue weighted by molar-refractivity contribution is 6.40. The highest BCUT2D eigenvalue weighted by atomic mass is 35.5. The van der Waals surface area contributed by atoms with E-state index in [0.717, 1.165) is 0 Å². The van der Waals surface area contributed by atoms with Crippen LogP contribution >= 0.6 is 23.2 Å². The molecule has 0 aliphatic heterocycles. The van der Waals surface area contributed by atoms with E-state index in [4.69, 9.17) is 28.9 Å². The lowest BCUT2D eigenvalue weighted by atomic mass is 10.2. The van der Waals surface area contributed by atoms with E-state index < -0.39 is 0 Å². The third-order valence-corrected chi connectivity index (χ3v) is 3.35. The molecule has 0 fully saturated rings. The number of rotatable bonds is 3. The molecule has 6 nitrogen and oxygen atoms in total. The fraction of sp³-hybridized carbons (Fsp3) is 0.167. The zero-order valence-electron chi connectivity index (χ0n) is 11.0. The van der Waals surface area contributed by atoms with Crippen LogP contribution in [0.1, 0.15) is 0 Å². The van der Waals surface area contributed by atoms with Gasteiger partial charge in [-0.1, -0.05) is 23.2 Å². The molecular formula is C12H13Cl3N4O2. The van der Waals surface area contributed by atoms with Crippen molar-refractivity contribution in [1.29, 1.82) is 0 Å². The van der Waals surface area contributed by atoms with Gasteiger partial charge in [0, 0.05) is 0 Å². The molecular weight excluding hydrogens is 339 g/mol. The van der Waals surface area contributed by atoms with Gasteiger partial charge in [-0.3, -0.25) is 4.79 Å². The molecule has 4 N–H and O–H groups in total. The SMILES string of the molecule is C[n+]1ccn(CC(=O)Nc2cc(Cl)c(N)c(Cl)c2O)c1.[Cl-]. The Bertz CT molecular complexity index is 673. The predicted octanol–water partition coefficient (Wildman–Crippen LogP) is -1.45. The number of nitrogens with two attached hydrogens (primary N) is 1. The van der Waals surface area contributed by atoms with Crippen molar-refractivity contribution < 1.29 is 26.9 Å². The molecule has 0 aliphatic rings. The van der Waals surface area contributed by atoms with Crippen LogP contribution in [0.4, 0.5) is 11.4 Å². The molecule has 21 heavy (non-hydrogen) atoms. The van der Waals surface area contributed by atoms with Gasteiger partial charge >= 0.3 is 0 Å². The zero-order valence-corrected chi connectivity index (χ0v) is 13.2. The molecule has 2 aromatic rings. The summed E-state index contributed by atoms with van der Waals surface area (Å²) in [5.41, 5.74) is 5.76. The number of hydrogen-bond donors (Lipinski definition) is 3. The number of aromatic nitrogens is 2. The first-order valence-electron chi connectivity index (χ1n) is 5.65. The van der Waals surface area contributed by atoms with Gasteiger partial charge in [0.2, 0.25) is 6.33 Å². The fourth-order valence-corrected chi connectivity index (χ4v) is 2.13. The van der Waals surface area contributed by atoms with Crippen LogP contribution in [0.3, 0.4) is 0 Å². The smallest absolute Gasteiger partial charge is 0.266 e. The van der Waals surface area contributed by atoms with Crippen molar-refractivity contribution in [3.8, 4) is 5.75 Å². The maximum absolute atomic E-state index is 11.9. The Labute approximate surface area is 137 Å². The summed E-state index contributed by atoms with van der Waals surface area (Å²) >= 11 is 11.7. The summed E-state index contributed by atoms with van der Waals surface area (Å²) in [6.45, 7) is 0.0971. The Morgan fingerprint density at radius 1 is 1.52 bits per heavy atom. The number of benzene rings is 1. The number of nitrogen functional groups attached to an aromatic ring is 1. The average molecular weight is 352 g/mol. The molecule has 0 bridgehead atoms. The molecule has 1 aromatic heterocycles. The van der Waals surface area contributed by atoms with E-state index in [1.165, 1.54) is 6.07 Å². The normalized spacial score (nSPS) is 10.0. The van der Waals surface area contributed by atoms with Crippen molar-refractivity contribution in [3.63, 3.8) is 0 Å². The first-order chi connectivity index (χ1) is 9.38. The van der Waals surface area contributed by atoms with Gasteiger partial charge < -0.3 is 28.6 Å². The van der Waals surface area contributed by atoms with Gasteiger partial charge in [0.15, 0.2) is 12.3 Å². The standard InChI is InChI=1S/C12H12Cl2N4O2.ClH/c1-17-2-3-18(6-17)5-9(19)16-8-4-7(13)11(15)10(14)12(8)20;/h2-4,6H,5,15H2,1H3,(H-,16,19,20);1H. The summed E-state index contributed by atoms with van der Waals surface area (Å²) in [6.07, 6.45) is 5.31. The Morgan fingerprint density at radius 3 is 2.76 bits per heavy atom. The molecule has 0 radical (unpaired) electrons. The number of amides is 1. The molecule has 0 spiro atoms. The number of phenolic OH excluding ortho intramolecular Hbond substituents is 1. The molecule has 9 heteroatoms. The van der Waals surface area contributed by atoms with Crippen molar-refractivity contribution in [3.05, 3.63) is 34.8 Å². The molecule has 1 amide bonds. The number of aryl methyl sites for hydroxylation is 1. The third-order valence-electron chi connectivity index (χ3n) is 2.65. The number of phenols is 1. The van der Waals surface area contributed by atoms with Gasteiger partial charge in [0.25, 0.3) is 5.91 Å². The van der Waals surface area contributed by atoms with E-state index in [1.807, 2.05) is 17.8 Å². The van der Waals surface area contributed by atoms with Crippen molar-refractivity contribution >= 4 is 40.5 Å². The monoisotopic (exact) mass is 350 g/mol. The first-order valence-corrected chi connectivity index (χ1v) is 6.41. The van der Waals surface area contributed by atoms with Gasteiger partial charge in [-0.05, 0) is 6.07 Å². The molecule has 1 aromatic carbocycles. The van der Waals surface area contributed by atoms with Crippen molar-refractivity contribution in [2.24, 2.45) is 7.05 Å². The van der Waals surface area contributed by atoms with Crippen LogP contribution in [0.15, 0.2) is 24.8 Å².